The molecule has 1 aromatic heterocycles. The summed E-state index contributed by atoms with van der Waals surface area (Å²) in [5.74, 6) is 0.792. The number of aromatic nitrogens is 1. The van der Waals surface area contributed by atoms with E-state index in [1.165, 1.54) is 11.3 Å². The molecule has 2 nitrogen and oxygen atoms in total. The Balaban J connectivity index is 2.55. The van der Waals surface area contributed by atoms with Gasteiger partial charge in [0.15, 0.2) is 4.47 Å². The van der Waals surface area contributed by atoms with Gasteiger partial charge in [-0.2, -0.15) is 0 Å². The van der Waals surface area contributed by atoms with E-state index in [4.69, 9.17) is 16.3 Å². The van der Waals surface area contributed by atoms with Crippen LogP contribution in [0.3, 0.4) is 0 Å². The maximum Gasteiger partial charge on any atom is 0.184 e. The highest BCUT2D eigenvalue weighted by molar-refractivity contribution is 9.10. The predicted octanol–water partition coefficient (Wildman–Crippen LogP) is 4.23. The topological polar surface area (TPSA) is 22.1 Å². The third-order valence-corrected chi connectivity index (χ3v) is 3.39. The first-order chi connectivity index (χ1) is 7.20. The normalized spacial score (nSPS) is 10.3. The summed E-state index contributed by atoms with van der Waals surface area (Å²) in [6.45, 7) is 0. The molecule has 1 aromatic carbocycles. The number of rotatable bonds is 2. The molecule has 1 heterocycles. The van der Waals surface area contributed by atoms with Gasteiger partial charge in [-0.15, -0.1) is 11.3 Å². The molecule has 78 valence electrons. The molecule has 0 aliphatic heterocycles. The lowest BCUT2D eigenvalue weighted by atomic mass is 10.1. The van der Waals surface area contributed by atoms with Crippen LogP contribution in [-0.4, -0.2) is 12.1 Å². The van der Waals surface area contributed by atoms with Crippen LogP contribution < -0.4 is 4.74 Å². The summed E-state index contributed by atoms with van der Waals surface area (Å²) in [5, 5.41) is 1.91. The largest absolute Gasteiger partial charge is 0.496 e. The molecule has 0 amide bonds. The van der Waals surface area contributed by atoms with Gasteiger partial charge in [0, 0.05) is 15.4 Å². The molecule has 15 heavy (non-hydrogen) atoms. The first kappa shape index (κ1) is 10.9. The minimum absolute atomic E-state index is 0.534. The first-order valence-electron chi connectivity index (χ1n) is 4.15. The first-order valence-corrected chi connectivity index (χ1v) is 6.20. The molecular formula is C10H7BrClNOS. The van der Waals surface area contributed by atoms with Crippen molar-refractivity contribution in [2.45, 2.75) is 0 Å². The number of hydrogen-bond donors (Lipinski definition) is 0. The Labute approximate surface area is 105 Å². The van der Waals surface area contributed by atoms with Crippen molar-refractivity contribution in [1.29, 1.82) is 0 Å². The fourth-order valence-electron chi connectivity index (χ4n) is 1.26. The zero-order valence-corrected chi connectivity index (χ0v) is 11.0. The summed E-state index contributed by atoms with van der Waals surface area (Å²) in [6, 6.07) is 5.78. The molecular weight excluding hydrogens is 298 g/mol. The van der Waals surface area contributed by atoms with Crippen LogP contribution in [0.25, 0.3) is 11.3 Å². The number of halogens is 2. The third-order valence-electron chi connectivity index (χ3n) is 1.91. The molecule has 2 aromatic rings. The third kappa shape index (κ3) is 2.33. The molecule has 0 radical (unpaired) electrons. The molecule has 2 rings (SSSR count). The molecule has 0 saturated carbocycles. The van der Waals surface area contributed by atoms with E-state index in [1.807, 2.05) is 23.6 Å². The zero-order valence-electron chi connectivity index (χ0n) is 7.83. The summed E-state index contributed by atoms with van der Waals surface area (Å²) in [5.41, 5.74) is 1.78. The molecule has 5 heteroatoms. The molecule has 0 saturated heterocycles. The summed E-state index contributed by atoms with van der Waals surface area (Å²) >= 11 is 10.6. The Kier molecular flexibility index (Phi) is 3.29. The minimum atomic E-state index is 0.534. The van der Waals surface area contributed by atoms with Crippen molar-refractivity contribution in [3.8, 4) is 17.0 Å². The fraction of sp³-hybridized carbons (Fsp3) is 0.100. The van der Waals surface area contributed by atoms with Gasteiger partial charge in [-0.25, -0.2) is 4.98 Å². The number of ether oxygens (including phenoxy) is 1. The lowest BCUT2D eigenvalue weighted by Crippen LogP contribution is -1.87. The molecule has 0 unspecified atom stereocenters. The molecule has 0 aliphatic carbocycles. The molecule has 0 spiro atoms. The molecule has 0 bridgehead atoms. The average molecular weight is 305 g/mol. The Bertz CT molecular complexity index is 486. The predicted molar refractivity (Wildman–Crippen MR) is 66.8 cm³/mol. The van der Waals surface area contributed by atoms with Crippen molar-refractivity contribution in [2.24, 2.45) is 0 Å². The van der Waals surface area contributed by atoms with E-state index >= 15 is 0 Å². The smallest absolute Gasteiger partial charge is 0.184 e. The van der Waals surface area contributed by atoms with Crippen molar-refractivity contribution < 1.29 is 4.74 Å². The number of nitrogens with zero attached hydrogens (tertiary/aromatic N) is 1. The van der Waals surface area contributed by atoms with Crippen LogP contribution in [-0.2, 0) is 0 Å². The molecule has 0 atom stereocenters. The quantitative estimate of drug-likeness (QED) is 0.828. The maximum absolute atomic E-state index is 5.80. The lowest BCUT2D eigenvalue weighted by Gasteiger charge is -2.06. The Morgan fingerprint density at radius 2 is 2.27 bits per heavy atom. The molecule has 0 aliphatic rings. The van der Waals surface area contributed by atoms with Crippen molar-refractivity contribution in [1.82, 2.24) is 4.98 Å². The molecule has 0 N–H and O–H groups in total. The second-order valence-corrected chi connectivity index (χ2v) is 5.19. The SMILES string of the molecule is COc1ccc(Br)cc1-c1csc(Cl)n1. The number of hydrogen-bond acceptors (Lipinski definition) is 3. The van der Waals surface area contributed by atoms with Gasteiger partial charge >= 0.3 is 0 Å². The Morgan fingerprint density at radius 3 is 2.87 bits per heavy atom. The van der Waals surface area contributed by atoms with Gasteiger partial charge in [0.25, 0.3) is 0 Å². The number of benzene rings is 1. The van der Waals surface area contributed by atoms with Gasteiger partial charge in [-0.1, -0.05) is 27.5 Å². The fourth-order valence-corrected chi connectivity index (χ4v) is 2.38. The van der Waals surface area contributed by atoms with E-state index in [-0.39, 0.29) is 0 Å². The van der Waals surface area contributed by atoms with Crippen molar-refractivity contribution >= 4 is 38.9 Å². The number of thiazole rings is 1. The van der Waals surface area contributed by atoms with Gasteiger partial charge in [0.1, 0.15) is 5.75 Å². The molecule has 0 fully saturated rings. The van der Waals surface area contributed by atoms with Crippen LogP contribution >= 0.6 is 38.9 Å². The summed E-state index contributed by atoms with van der Waals surface area (Å²) < 4.78 is 6.79. The summed E-state index contributed by atoms with van der Waals surface area (Å²) in [4.78, 5) is 4.21. The average Bonchev–Trinajstić information content (AvgIpc) is 2.65. The van der Waals surface area contributed by atoms with E-state index in [9.17, 15) is 0 Å². The van der Waals surface area contributed by atoms with E-state index in [0.29, 0.717) is 4.47 Å². The Hall–Kier alpha value is -0.580. The second-order valence-electron chi connectivity index (χ2n) is 2.83. The number of methoxy groups -OCH3 is 1. The Morgan fingerprint density at radius 1 is 1.47 bits per heavy atom. The van der Waals surface area contributed by atoms with E-state index in [2.05, 4.69) is 20.9 Å². The van der Waals surface area contributed by atoms with Crippen LogP contribution in [0.5, 0.6) is 5.75 Å². The highest BCUT2D eigenvalue weighted by Gasteiger charge is 2.09. The van der Waals surface area contributed by atoms with Crippen LogP contribution in [0.1, 0.15) is 0 Å². The van der Waals surface area contributed by atoms with E-state index in [1.54, 1.807) is 7.11 Å². The van der Waals surface area contributed by atoms with Gasteiger partial charge in [-0.05, 0) is 18.2 Å². The van der Waals surface area contributed by atoms with Crippen LogP contribution in [0.4, 0.5) is 0 Å². The van der Waals surface area contributed by atoms with Gasteiger partial charge in [0.05, 0.1) is 12.8 Å². The standard InChI is InChI=1S/C10H7BrClNOS/c1-14-9-3-2-6(11)4-7(9)8-5-15-10(12)13-8/h2-5H,1H3. The van der Waals surface area contributed by atoms with Gasteiger partial charge < -0.3 is 4.74 Å². The van der Waals surface area contributed by atoms with E-state index < -0.39 is 0 Å². The highest BCUT2D eigenvalue weighted by atomic mass is 79.9. The monoisotopic (exact) mass is 303 g/mol. The second kappa shape index (κ2) is 4.51. The maximum atomic E-state index is 5.80. The zero-order chi connectivity index (χ0) is 10.8. The highest BCUT2D eigenvalue weighted by Crippen LogP contribution is 2.33. The van der Waals surface area contributed by atoms with Crippen molar-refractivity contribution in [3.05, 3.63) is 32.5 Å². The minimum Gasteiger partial charge on any atom is -0.496 e. The summed E-state index contributed by atoms with van der Waals surface area (Å²) in [7, 11) is 1.64. The lowest BCUT2D eigenvalue weighted by molar-refractivity contribution is 0.416. The van der Waals surface area contributed by atoms with Gasteiger partial charge in [-0.3, -0.25) is 0 Å². The van der Waals surface area contributed by atoms with Crippen LogP contribution in [0.2, 0.25) is 4.47 Å². The van der Waals surface area contributed by atoms with Gasteiger partial charge in [0.2, 0.25) is 0 Å². The van der Waals surface area contributed by atoms with E-state index in [0.717, 1.165) is 21.5 Å². The van der Waals surface area contributed by atoms with Crippen LogP contribution in [0.15, 0.2) is 28.1 Å². The van der Waals surface area contributed by atoms with Crippen molar-refractivity contribution in [2.75, 3.05) is 7.11 Å². The van der Waals surface area contributed by atoms with Crippen molar-refractivity contribution in [3.63, 3.8) is 0 Å². The summed E-state index contributed by atoms with van der Waals surface area (Å²) in [6.07, 6.45) is 0. The van der Waals surface area contributed by atoms with Crippen LogP contribution in [0, 0.1) is 0 Å².